The monoisotopic (exact) mass is 417 g/mol. The minimum absolute atomic E-state index is 0.158. The number of aromatic nitrogens is 2. The SMILES string of the molecule is CCOc1cc(Cc2cnc(N)nc2N)cc2c1OC(C)(C)C=C2c1ccc(N)cc1. The minimum Gasteiger partial charge on any atom is -0.490 e. The molecule has 6 N–H and O–H groups in total. The van der Waals surface area contributed by atoms with E-state index in [9.17, 15) is 0 Å². The van der Waals surface area contributed by atoms with E-state index in [1.54, 1.807) is 6.20 Å². The number of ether oxygens (including phenoxy) is 2. The molecular formula is C24H27N5O2. The predicted octanol–water partition coefficient (Wildman–Crippen LogP) is 3.82. The van der Waals surface area contributed by atoms with Gasteiger partial charge in [-0.05, 0) is 67.8 Å². The van der Waals surface area contributed by atoms with Gasteiger partial charge >= 0.3 is 0 Å². The maximum Gasteiger partial charge on any atom is 0.221 e. The largest absolute Gasteiger partial charge is 0.490 e. The van der Waals surface area contributed by atoms with Gasteiger partial charge in [-0.2, -0.15) is 4.98 Å². The quantitative estimate of drug-likeness (QED) is 0.539. The van der Waals surface area contributed by atoms with Gasteiger partial charge < -0.3 is 26.7 Å². The lowest BCUT2D eigenvalue weighted by molar-refractivity contribution is 0.149. The van der Waals surface area contributed by atoms with E-state index < -0.39 is 5.60 Å². The fourth-order valence-electron chi connectivity index (χ4n) is 3.74. The highest BCUT2D eigenvalue weighted by molar-refractivity contribution is 5.87. The molecule has 0 spiro atoms. The van der Waals surface area contributed by atoms with Crippen molar-refractivity contribution in [2.24, 2.45) is 0 Å². The summed E-state index contributed by atoms with van der Waals surface area (Å²) in [7, 11) is 0. The molecule has 0 aliphatic carbocycles. The summed E-state index contributed by atoms with van der Waals surface area (Å²) in [5.74, 6) is 1.95. The van der Waals surface area contributed by atoms with E-state index in [0.717, 1.165) is 39.3 Å². The molecule has 7 heteroatoms. The lowest BCUT2D eigenvalue weighted by Crippen LogP contribution is -2.29. The molecule has 0 atom stereocenters. The average molecular weight is 418 g/mol. The lowest BCUT2D eigenvalue weighted by Gasteiger charge is -2.33. The molecule has 1 aliphatic heterocycles. The fourth-order valence-corrected chi connectivity index (χ4v) is 3.74. The van der Waals surface area contributed by atoms with Crippen LogP contribution in [0, 0.1) is 0 Å². The van der Waals surface area contributed by atoms with E-state index in [-0.39, 0.29) is 5.95 Å². The van der Waals surface area contributed by atoms with Gasteiger partial charge in [-0.1, -0.05) is 12.1 Å². The van der Waals surface area contributed by atoms with Crippen molar-refractivity contribution in [1.29, 1.82) is 0 Å². The second-order valence-corrected chi connectivity index (χ2v) is 8.10. The molecule has 160 valence electrons. The summed E-state index contributed by atoms with van der Waals surface area (Å²) in [6, 6.07) is 11.9. The molecule has 0 bridgehead atoms. The Balaban J connectivity index is 1.85. The van der Waals surface area contributed by atoms with E-state index in [4.69, 9.17) is 26.7 Å². The van der Waals surface area contributed by atoms with Crippen LogP contribution in [0.2, 0.25) is 0 Å². The van der Waals surface area contributed by atoms with Gasteiger partial charge in [0.05, 0.1) is 6.61 Å². The van der Waals surface area contributed by atoms with Gasteiger partial charge in [0.2, 0.25) is 5.95 Å². The van der Waals surface area contributed by atoms with Crippen LogP contribution in [-0.2, 0) is 6.42 Å². The van der Waals surface area contributed by atoms with Gasteiger partial charge in [0, 0.05) is 29.4 Å². The zero-order chi connectivity index (χ0) is 22.2. The molecule has 0 unspecified atom stereocenters. The molecule has 0 fully saturated rings. The first-order chi connectivity index (χ1) is 14.8. The first-order valence-corrected chi connectivity index (χ1v) is 10.2. The van der Waals surface area contributed by atoms with Crippen LogP contribution < -0.4 is 26.7 Å². The number of hydrogen-bond acceptors (Lipinski definition) is 7. The number of rotatable bonds is 5. The zero-order valence-electron chi connectivity index (χ0n) is 18.0. The summed E-state index contributed by atoms with van der Waals surface area (Å²) in [5.41, 5.74) is 22.7. The number of fused-ring (bicyclic) bond motifs is 1. The van der Waals surface area contributed by atoms with Crippen molar-refractivity contribution in [3.8, 4) is 11.5 Å². The van der Waals surface area contributed by atoms with Gasteiger partial charge in [0.1, 0.15) is 11.4 Å². The van der Waals surface area contributed by atoms with Gasteiger partial charge in [-0.15, -0.1) is 0 Å². The number of anilines is 3. The standard InChI is InChI=1S/C24H27N5O2/c1-4-30-20-11-14(9-16-13-28-23(27)29-22(16)26)10-18-19(12-24(2,3)31-21(18)20)15-5-7-17(25)8-6-15/h5-8,10-13H,4,9,25H2,1-3H3,(H4,26,27,28,29). The van der Waals surface area contributed by atoms with E-state index in [1.165, 1.54) is 0 Å². The molecule has 0 radical (unpaired) electrons. The van der Waals surface area contributed by atoms with Crippen molar-refractivity contribution in [1.82, 2.24) is 9.97 Å². The summed E-state index contributed by atoms with van der Waals surface area (Å²) >= 11 is 0. The van der Waals surface area contributed by atoms with Crippen LogP contribution in [0.4, 0.5) is 17.5 Å². The minimum atomic E-state index is -0.494. The highest BCUT2D eigenvalue weighted by atomic mass is 16.5. The molecule has 1 aromatic heterocycles. The Hall–Kier alpha value is -3.74. The van der Waals surface area contributed by atoms with Crippen LogP contribution in [0.25, 0.3) is 5.57 Å². The Morgan fingerprint density at radius 2 is 1.81 bits per heavy atom. The molecule has 4 rings (SSSR count). The molecule has 2 aromatic carbocycles. The molecule has 3 aromatic rings. The van der Waals surface area contributed by atoms with E-state index in [1.807, 2.05) is 51.1 Å². The van der Waals surface area contributed by atoms with Crippen LogP contribution in [-0.4, -0.2) is 22.2 Å². The first-order valence-electron chi connectivity index (χ1n) is 10.2. The number of hydrogen-bond donors (Lipinski definition) is 3. The molecule has 0 saturated heterocycles. The summed E-state index contributed by atoms with van der Waals surface area (Å²) in [5, 5.41) is 0. The predicted molar refractivity (Wildman–Crippen MR) is 124 cm³/mol. The summed E-state index contributed by atoms with van der Waals surface area (Å²) in [6.45, 7) is 6.54. The smallest absolute Gasteiger partial charge is 0.221 e. The van der Waals surface area contributed by atoms with Crippen LogP contribution in [0.15, 0.2) is 48.7 Å². The molecule has 1 aliphatic rings. The summed E-state index contributed by atoms with van der Waals surface area (Å²) in [6.07, 6.45) is 4.33. The molecule has 31 heavy (non-hydrogen) atoms. The van der Waals surface area contributed by atoms with Gasteiger partial charge in [0.15, 0.2) is 11.5 Å². The summed E-state index contributed by atoms with van der Waals surface area (Å²) in [4.78, 5) is 8.15. The third-order valence-electron chi connectivity index (χ3n) is 5.09. The molecule has 0 saturated carbocycles. The topological polar surface area (TPSA) is 122 Å². The second-order valence-electron chi connectivity index (χ2n) is 8.10. The molecule has 2 heterocycles. The van der Waals surface area contributed by atoms with Crippen molar-refractivity contribution >= 4 is 23.0 Å². The highest BCUT2D eigenvalue weighted by Gasteiger charge is 2.30. The number of benzene rings is 2. The number of nitrogens with zero attached hydrogens (tertiary/aromatic N) is 2. The van der Waals surface area contributed by atoms with Crippen LogP contribution >= 0.6 is 0 Å². The molecule has 0 amide bonds. The molecule has 7 nitrogen and oxygen atoms in total. The van der Waals surface area contributed by atoms with Gasteiger partial charge in [-0.3, -0.25) is 0 Å². The Morgan fingerprint density at radius 3 is 2.48 bits per heavy atom. The fraction of sp³-hybridized carbons (Fsp3) is 0.250. The normalized spacial score (nSPS) is 14.4. The van der Waals surface area contributed by atoms with Gasteiger partial charge in [0.25, 0.3) is 0 Å². The van der Waals surface area contributed by atoms with E-state index >= 15 is 0 Å². The highest BCUT2D eigenvalue weighted by Crippen LogP contribution is 2.46. The Bertz CT molecular complexity index is 1150. The van der Waals surface area contributed by atoms with Crippen molar-refractivity contribution in [3.05, 3.63) is 70.9 Å². The van der Waals surface area contributed by atoms with Crippen molar-refractivity contribution in [2.75, 3.05) is 23.8 Å². The Morgan fingerprint density at radius 1 is 1.06 bits per heavy atom. The maximum absolute atomic E-state index is 6.33. The summed E-state index contributed by atoms with van der Waals surface area (Å²) < 4.78 is 12.3. The number of nitrogen functional groups attached to an aromatic ring is 3. The zero-order valence-corrected chi connectivity index (χ0v) is 18.0. The Kier molecular flexibility index (Phi) is 5.19. The average Bonchev–Trinajstić information content (AvgIpc) is 2.71. The van der Waals surface area contributed by atoms with Crippen LogP contribution in [0.5, 0.6) is 11.5 Å². The third-order valence-corrected chi connectivity index (χ3v) is 5.09. The molecular weight excluding hydrogens is 390 g/mol. The third kappa shape index (κ3) is 4.26. The first kappa shape index (κ1) is 20.5. The van der Waals surface area contributed by atoms with Crippen LogP contribution in [0.1, 0.15) is 43.0 Å². The van der Waals surface area contributed by atoms with Crippen LogP contribution in [0.3, 0.4) is 0 Å². The van der Waals surface area contributed by atoms with Crippen molar-refractivity contribution in [3.63, 3.8) is 0 Å². The maximum atomic E-state index is 6.33. The van der Waals surface area contributed by atoms with Crippen molar-refractivity contribution < 1.29 is 9.47 Å². The Labute approximate surface area is 181 Å². The lowest BCUT2D eigenvalue weighted by atomic mass is 9.88. The van der Waals surface area contributed by atoms with Gasteiger partial charge in [-0.25, -0.2) is 4.98 Å². The van der Waals surface area contributed by atoms with Crippen molar-refractivity contribution in [2.45, 2.75) is 32.8 Å². The van der Waals surface area contributed by atoms with E-state index in [2.05, 4.69) is 22.1 Å². The van der Waals surface area contributed by atoms with E-state index in [0.29, 0.717) is 24.6 Å². The second kappa shape index (κ2) is 7.83. The number of nitrogens with two attached hydrogens (primary N) is 3.